The molecule has 100 valence electrons. The van der Waals surface area contributed by atoms with E-state index in [0.717, 1.165) is 19.5 Å². The van der Waals surface area contributed by atoms with E-state index < -0.39 is 0 Å². The molecule has 1 aliphatic rings. The third-order valence-corrected chi connectivity index (χ3v) is 4.55. The Balaban J connectivity index is 2.04. The molecule has 0 bridgehead atoms. The van der Waals surface area contributed by atoms with E-state index in [0.29, 0.717) is 5.25 Å². The molecule has 3 nitrogen and oxygen atoms in total. The highest BCUT2D eigenvalue weighted by Gasteiger charge is 2.18. The minimum atomic E-state index is -0.0576. The first-order chi connectivity index (χ1) is 8.24. The highest BCUT2D eigenvalue weighted by Crippen LogP contribution is 2.25. The minimum absolute atomic E-state index is 0.0576. The first-order valence-electron chi connectivity index (χ1n) is 6.86. The Kier molecular flexibility index (Phi) is 7.69. The Morgan fingerprint density at radius 2 is 2.29 bits per heavy atom. The van der Waals surface area contributed by atoms with Gasteiger partial charge in [-0.25, -0.2) is 0 Å². The molecule has 2 N–H and O–H groups in total. The lowest BCUT2D eigenvalue weighted by Gasteiger charge is -2.16. The molecule has 0 radical (unpaired) electrons. The highest BCUT2D eigenvalue weighted by atomic mass is 32.2. The van der Waals surface area contributed by atoms with E-state index >= 15 is 0 Å². The van der Waals surface area contributed by atoms with Crippen LogP contribution in [0.1, 0.15) is 46.0 Å². The van der Waals surface area contributed by atoms with E-state index in [4.69, 9.17) is 0 Å². The molecule has 1 rings (SSSR count). The third kappa shape index (κ3) is 6.32. The van der Waals surface area contributed by atoms with Crippen LogP contribution >= 0.6 is 11.8 Å². The molecule has 17 heavy (non-hydrogen) atoms. The zero-order valence-electron chi connectivity index (χ0n) is 11.1. The van der Waals surface area contributed by atoms with Crippen LogP contribution in [0.4, 0.5) is 0 Å². The van der Waals surface area contributed by atoms with Gasteiger partial charge in [-0.3, -0.25) is 4.79 Å². The van der Waals surface area contributed by atoms with Crippen LogP contribution in [0, 0.1) is 0 Å². The topological polar surface area (TPSA) is 41.1 Å². The van der Waals surface area contributed by atoms with Crippen LogP contribution < -0.4 is 10.6 Å². The summed E-state index contributed by atoms with van der Waals surface area (Å²) in [4.78, 5) is 11.7. The molecular formula is C13H26N2OS. The summed E-state index contributed by atoms with van der Waals surface area (Å²) in [7, 11) is 0. The summed E-state index contributed by atoms with van der Waals surface area (Å²) < 4.78 is 0. The molecule has 1 saturated heterocycles. The SMILES string of the molecule is CCCCCNC(=O)C(C)NCC1CCCS1. The molecule has 0 aromatic heterocycles. The Labute approximate surface area is 109 Å². The van der Waals surface area contributed by atoms with E-state index in [1.54, 1.807) is 0 Å². The molecule has 0 saturated carbocycles. The molecule has 2 unspecified atom stereocenters. The fraction of sp³-hybridized carbons (Fsp3) is 0.923. The summed E-state index contributed by atoms with van der Waals surface area (Å²) in [5.74, 6) is 1.42. The van der Waals surface area contributed by atoms with Crippen molar-refractivity contribution in [3.63, 3.8) is 0 Å². The predicted octanol–water partition coefficient (Wildman–Crippen LogP) is 2.17. The van der Waals surface area contributed by atoms with Crippen LogP contribution in [0.15, 0.2) is 0 Å². The standard InChI is InChI=1S/C13H26N2OS/c1-3-4-5-8-14-13(16)11(2)15-10-12-7-6-9-17-12/h11-12,15H,3-10H2,1-2H3,(H,14,16). The van der Waals surface area contributed by atoms with Gasteiger partial charge in [0.15, 0.2) is 0 Å². The number of nitrogens with one attached hydrogen (secondary N) is 2. The number of amides is 1. The maximum atomic E-state index is 11.7. The summed E-state index contributed by atoms with van der Waals surface area (Å²) in [6.45, 7) is 5.91. The Bertz CT molecular complexity index is 217. The van der Waals surface area contributed by atoms with Gasteiger partial charge in [-0.2, -0.15) is 11.8 Å². The maximum Gasteiger partial charge on any atom is 0.236 e. The smallest absolute Gasteiger partial charge is 0.236 e. The van der Waals surface area contributed by atoms with Crippen molar-refractivity contribution in [3.8, 4) is 0 Å². The van der Waals surface area contributed by atoms with E-state index in [-0.39, 0.29) is 11.9 Å². The number of carbonyl (C=O) groups excluding carboxylic acids is 1. The van der Waals surface area contributed by atoms with E-state index in [1.807, 2.05) is 18.7 Å². The van der Waals surface area contributed by atoms with Crippen molar-refractivity contribution < 1.29 is 4.79 Å². The number of rotatable bonds is 8. The summed E-state index contributed by atoms with van der Waals surface area (Å²) in [5, 5.41) is 7.03. The van der Waals surface area contributed by atoms with Crippen molar-refractivity contribution in [3.05, 3.63) is 0 Å². The van der Waals surface area contributed by atoms with Gasteiger partial charge in [-0.15, -0.1) is 0 Å². The van der Waals surface area contributed by atoms with Gasteiger partial charge in [0.2, 0.25) is 5.91 Å². The summed E-state index contributed by atoms with van der Waals surface area (Å²) in [6, 6.07) is -0.0576. The average molecular weight is 258 g/mol. The monoisotopic (exact) mass is 258 g/mol. The average Bonchev–Trinajstić information content (AvgIpc) is 2.84. The molecule has 0 aromatic rings. The molecule has 0 aliphatic carbocycles. The molecule has 1 heterocycles. The van der Waals surface area contributed by atoms with Gasteiger partial charge in [-0.05, 0) is 31.9 Å². The van der Waals surface area contributed by atoms with Gasteiger partial charge >= 0.3 is 0 Å². The van der Waals surface area contributed by atoms with Gasteiger partial charge in [0, 0.05) is 18.3 Å². The second-order valence-corrected chi connectivity index (χ2v) is 6.17. The lowest BCUT2D eigenvalue weighted by molar-refractivity contribution is -0.122. The fourth-order valence-electron chi connectivity index (χ4n) is 1.95. The van der Waals surface area contributed by atoms with Gasteiger partial charge in [0.05, 0.1) is 6.04 Å². The quantitative estimate of drug-likeness (QED) is 0.656. The summed E-state index contributed by atoms with van der Waals surface area (Å²) in [5.41, 5.74) is 0. The lowest BCUT2D eigenvalue weighted by atomic mass is 10.2. The van der Waals surface area contributed by atoms with Crippen LogP contribution in [-0.2, 0) is 4.79 Å². The van der Waals surface area contributed by atoms with E-state index in [1.165, 1.54) is 31.4 Å². The Hall–Kier alpha value is -0.220. The number of thioether (sulfide) groups is 1. The molecule has 4 heteroatoms. The number of carbonyl (C=O) groups is 1. The van der Waals surface area contributed by atoms with E-state index in [2.05, 4.69) is 17.6 Å². The maximum absolute atomic E-state index is 11.7. The van der Waals surface area contributed by atoms with Gasteiger partial charge in [-0.1, -0.05) is 19.8 Å². The molecule has 0 aromatic carbocycles. The highest BCUT2D eigenvalue weighted by molar-refractivity contribution is 8.00. The number of unbranched alkanes of at least 4 members (excludes halogenated alkanes) is 2. The normalized spacial score (nSPS) is 21.4. The van der Waals surface area contributed by atoms with Crippen molar-refractivity contribution in [2.24, 2.45) is 0 Å². The summed E-state index contributed by atoms with van der Waals surface area (Å²) >= 11 is 2.03. The second-order valence-electron chi connectivity index (χ2n) is 4.76. The largest absolute Gasteiger partial charge is 0.355 e. The van der Waals surface area contributed by atoms with Crippen molar-refractivity contribution in [1.82, 2.24) is 10.6 Å². The molecule has 1 amide bonds. The van der Waals surface area contributed by atoms with Crippen LogP contribution in [-0.4, -0.2) is 36.0 Å². The number of hydrogen-bond donors (Lipinski definition) is 2. The molecule has 2 atom stereocenters. The lowest BCUT2D eigenvalue weighted by Crippen LogP contribution is -2.44. The zero-order valence-corrected chi connectivity index (χ0v) is 11.9. The third-order valence-electron chi connectivity index (χ3n) is 3.15. The summed E-state index contributed by atoms with van der Waals surface area (Å²) in [6.07, 6.45) is 6.11. The van der Waals surface area contributed by atoms with Crippen molar-refractivity contribution in [2.45, 2.75) is 57.2 Å². The van der Waals surface area contributed by atoms with Crippen molar-refractivity contribution in [2.75, 3.05) is 18.8 Å². The Morgan fingerprint density at radius 3 is 2.94 bits per heavy atom. The minimum Gasteiger partial charge on any atom is -0.355 e. The predicted molar refractivity (Wildman–Crippen MR) is 75.5 cm³/mol. The van der Waals surface area contributed by atoms with Crippen LogP contribution in [0.25, 0.3) is 0 Å². The molecule has 0 spiro atoms. The molecule has 1 aliphatic heterocycles. The van der Waals surface area contributed by atoms with Crippen LogP contribution in [0.5, 0.6) is 0 Å². The first kappa shape index (κ1) is 14.8. The van der Waals surface area contributed by atoms with Crippen LogP contribution in [0.3, 0.4) is 0 Å². The van der Waals surface area contributed by atoms with Gasteiger partial charge in [0.1, 0.15) is 0 Å². The Morgan fingerprint density at radius 1 is 1.47 bits per heavy atom. The fourth-order valence-corrected chi connectivity index (χ4v) is 3.16. The van der Waals surface area contributed by atoms with Gasteiger partial charge in [0.25, 0.3) is 0 Å². The van der Waals surface area contributed by atoms with Gasteiger partial charge < -0.3 is 10.6 Å². The first-order valence-corrected chi connectivity index (χ1v) is 7.91. The van der Waals surface area contributed by atoms with Crippen molar-refractivity contribution >= 4 is 17.7 Å². The van der Waals surface area contributed by atoms with E-state index in [9.17, 15) is 4.79 Å². The van der Waals surface area contributed by atoms with Crippen LogP contribution in [0.2, 0.25) is 0 Å². The zero-order chi connectivity index (χ0) is 12.5. The number of hydrogen-bond acceptors (Lipinski definition) is 3. The second kappa shape index (κ2) is 8.81. The molecule has 1 fully saturated rings. The van der Waals surface area contributed by atoms with Crippen molar-refractivity contribution in [1.29, 1.82) is 0 Å². The molecular weight excluding hydrogens is 232 g/mol.